The number of sulfonamides is 1. The topological polar surface area (TPSA) is 117 Å². The lowest BCUT2D eigenvalue weighted by molar-refractivity contribution is -0.125. The summed E-state index contributed by atoms with van der Waals surface area (Å²) in [6.07, 6.45) is 1.11. The summed E-state index contributed by atoms with van der Waals surface area (Å²) in [5, 5.41) is 10.5. The van der Waals surface area contributed by atoms with Crippen molar-refractivity contribution >= 4 is 27.7 Å². The summed E-state index contributed by atoms with van der Waals surface area (Å²) in [6, 6.07) is 13.0. The van der Waals surface area contributed by atoms with E-state index in [1.807, 2.05) is 30.3 Å². The molecule has 9 nitrogen and oxygen atoms in total. The highest BCUT2D eigenvalue weighted by Gasteiger charge is 2.35. The zero-order valence-corrected chi connectivity index (χ0v) is 20.7. The van der Waals surface area contributed by atoms with Crippen LogP contribution in [0, 0.1) is 11.7 Å². The number of nitrogens with zero attached hydrogens (tertiary/aromatic N) is 3. The van der Waals surface area contributed by atoms with Crippen molar-refractivity contribution < 1.29 is 22.3 Å². The smallest absolute Gasteiger partial charge is 0.246 e. The molecule has 0 saturated carbocycles. The standard InChI is InChI=1S/C23H26FN5O4S2/c1-33-19-10-9-18(24)14-20(19)35(31,32)29-12-5-8-17(15-29)22(30)25-11-13-34-23-26-21(27-28-23)16-6-3-2-4-7-16/h2-4,6-7,9-10,14,17H,5,8,11-13,15H2,1H3,(H,25,30)(H,26,27,28)/t17-/m1/s1. The lowest BCUT2D eigenvalue weighted by atomic mass is 9.99. The van der Waals surface area contributed by atoms with Gasteiger partial charge in [-0.3, -0.25) is 9.89 Å². The fourth-order valence-electron chi connectivity index (χ4n) is 3.86. The Balaban J connectivity index is 1.30. The van der Waals surface area contributed by atoms with Crippen LogP contribution < -0.4 is 10.1 Å². The van der Waals surface area contributed by atoms with Gasteiger partial charge in [-0.05, 0) is 31.0 Å². The molecule has 1 aliphatic heterocycles. The number of amides is 1. The summed E-state index contributed by atoms with van der Waals surface area (Å²) in [5.74, 6) is -0.0658. The molecule has 1 fully saturated rings. The minimum atomic E-state index is -4.01. The van der Waals surface area contributed by atoms with E-state index in [1.165, 1.54) is 29.2 Å². The molecule has 4 rings (SSSR count). The van der Waals surface area contributed by atoms with Gasteiger partial charge >= 0.3 is 0 Å². The number of piperidine rings is 1. The van der Waals surface area contributed by atoms with Gasteiger partial charge in [0.2, 0.25) is 21.1 Å². The first-order valence-corrected chi connectivity index (χ1v) is 13.5. The van der Waals surface area contributed by atoms with Crippen LogP contribution in [0.15, 0.2) is 58.6 Å². The molecule has 1 atom stereocenters. The summed E-state index contributed by atoms with van der Waals surface area (Å²) < 4.78 is 46.4. The number of carbonyl (C=O) groups is 1. The molecule has 1 aromatic heterocycles. The number of hydrogen-bond acceptors (Lipinski definition) is 7. The quantitative estimate of drug-likeness (QED) is 0.330. The number of ether oxygens (including phenoxy) is 1. The summed E-state index contributed by atoms with van der Waals surface area (Å²) in [5.41, 5.74) is 0.938. The van der Waals surface area contributed by atoms with Crippen LogP contribution in [0.25, 0.3) is 11.4 Å². The van der Waals surface area contributed by atoms with Crippen molar-refractivity contribution in [3.05, 3.63) is 54.3 Å². The second-order valence-electron chi connectivity index (χ2n) is 7.97. The van der Waals surface area contributed by atoms with Crippen molar-refractivity contribution in [1.82, 2.24) is 24.8 Å². The lowest BCUT2D eigenvalue weighted by Gasteiger charge is -2.31. The van der Waals surface area contributed by atoms with E-state index in [2.05, 4.69) is 20.5 Å². The van der Waals surface area contributed by atoms with E-state index in [9.17, 15) is 17.6 Å². The van der Waals surface area contributed by atoms with Gasteiger partial charge in [-0.2, -0.15) is 4.31 Å². The van der Waals surface area contributed by atoms with Gasteiger partial charge in [-0.25, -0.2) is 17.8 Å². The molecule has 0 spiro atoms. The van der Waals surface area contributed by atoms with E-state index in [0.717, 1.165) is 17.7 Å². The van der Waals surface area contributed by atoms with Gasteiger partial charge in [0.1, 0.15) is 16.5 Å². The number of carbonyl (C=O) groups excluding carboxylic acids is 1. The molecule has 2 N–H and O–H groups in total. The highest BCUT2D eigenvalue weighted by atomic mass is 32.2. The summed E-state index contributed by atoms with van der Waals surface area (Å²) in [6.45, 7) is 0.679. The van der Waals surface area contributed by atoms with Crippen LogP contribution >= 0.6 is 11.8 Å². The van der Waals surface area contributed by atoms with Crippen LogP contribution in [0.1, 0.15) is 12.8 Å². The molecule has 1 amide bonds. The van der Waals surface area contributed by atoms with Crippen molar-refractivity contribution in [2.75, 3.05) is 32.5 Å². The first-order valence-electron chi connectivity index (χ1n) is 11.1. The third kappa shape index (κ3) is 6.00. The number of H-pyrrole nitrogens is 1. The first kappa shape index (κ1) is 25.1. The number of aromatic nitrogens is 3. The number of methoxy groups -OCH3 is 1. The minimum Gasteiger partial charge on any atom is -0.495 e. The van der Waals surface area contributed by atoms with Crippen LogP contribution in [-0.2, 0) is 14.8 Å². The number of benzene rings is 2. The third-order valence-corrected chi connectivity index (χ3v) is 8.38. The Morgan fingerprint density at radius 3 is 2.86 bits per heavy atom. The highest BCUT2D eigenvalue weighted by Crippen LogP contribution is 2.30. The fourth-order valence-corrected chi connectivity index (χ4v) is 6.21. The number of hydrogen-bond donors (Lipinski definition) is 2. The maximum Gasteiger partial charge on any atom is 0.246 e. The Morgan fingerprint density at radius 2 is 2.09 bits per heavy atom. The van der Waals surface area contributed by atoms with Gasteiger partial charge < -0.3 is 10.1 Å². The van der Waals surface area contributed by atoms with Crippen LogP contribution in [0.3, 0.4) is 0 Å². The number of aromatic amines is 1. The number of nitrogens with one attached hydrogen (secondary N) is 2. The zero-order valence-electron chi connectivity index (χ0n) is 19.1. The van der Waals surface area contributed by atoms with E-state index in [-0.39, 0.29) is 29.6 Å². The molecule has 3 aromatic rings. The summed E-state index contributed by atoms with van der Waals surface area (Å²) in [4.78, 5) is 16.9. The van der Waals surface area contributed by atoms with E-state index in [4.69, 9.17) is 4.74 Å². The number of rotatable bonds is 9. The summed E-state index contributed by atoms with van der Waals surface area (Å²) in [7, 11) is -2.68. The molecular formula is C23H26FN5O4S2. The van der Waals surface area contributed by atoms with Crippen molar-refractivity contribution in [2.24, 2.45) is 5.92 Å². The summed E-state index contributed by atoms with van der Waals surface area (Å²) >= 11 is 1.41. The van der Waals surface area contributed by atoms with Gasteiger partial charge in [-0.1, -0.05) is 42.1 Å². The van der Waals surface area contributed by atoms with Crippen LogP contribution in [0.5, 0.6) is 5.75 Å². The second kappa shape index (κ2) is 11.2. The highest BCUT2D eigenvalue weighted by molar-refractivity contribution is 7.99. The van der Waals surface area contributed by atoms with E-state index in [1.54, 1.807) is 0 Å². The van der Waals surface area contributed by atoms with Gasteiger partial charge in [-0.15, -0.1) is 5.10 Å². The average Bonchev–Trinajstić information content (AvgIpc) is 3.36. The monoisotopic (exact) mass is 519 g/mol. The normalized spacial score (nSPS) is 16.7. The average molecular weight is 520 g/mol. The van der Waals surface area contributed by atoms with Crippen LogP contribution in [0.2, 0.25) is 0 Å². The lowest BCUT2D eigenvalue weighted by Crippen LogP contribution is -2.45. The Kier molecular flexibility index (Phi) is 8.04. The molecule has 2 heterocycles. The minimum absolute atomic E-state index is 0.0301. The Bertz CT molecular complexity index is 1270. The predicted octanol–water partition coefficient (Wildman–Crippen LogP) is 2.93. The van der Waals surface area contributed by atoms with Crippen molar-refractivity contribution in [2.45, 2.75) is 22.9 Å². The predicted molar refractivity (Wildman–Crippen MR) is 130 cm³/mol. The number of halogens is 1. The van der Waals surface area contributed by atoms with Gasteiger partial charge in [0.15, 0.2) is 5.82 Å². The maximum absolute atomic E-state index is 13.8. The van der Waals surface area contributed by atoms with Gasteiger partial charge in [0, 0.05) is 31.0 Å². The van der Waals surface area contributed by atoms with E-state index >= 15 is 0 Å². The fraction of sp³-hybridized carbons (Fsp3) is 0.348. The van der Waals surface area contributed by atoms with E-state index < -0.39 is 21.8 Å². The molecule has 0 unspecified atom stereocenters. The molecule has 12 heteroatoms. The molecule has 1 aliphatic rings. The Labute approximate surface area is 207 Å². The number of thioether (sulfide) groups is 1. The zero-order chi connectivity index (χ0) is 24.8. The molecule has 0 bridgehead atoms. The van der Waals surface area contributed by atoms with Crippen LogP contribution in [0.4, 0.5) is 4.39 Å². The van der Waals surface area contributed by atoms with Crippen molar-refractivity contribution in [3.8, 4) is 17.1 Å². The van der Waals surface area contributed by atoms with E-state index in [0.29, 0.717) is 36.1 Å². The molecule has 0 radical (unpaired) electrons. The molecule has 2 aromatic carbocycles. The largest absolute Gasteiger partial charge is 0.495 e. The van der Waals surface area contributed by atoms with Gasteiger partial charge in [0.25, 0.3) is 0 Å². The Morgan fingerprint density at radius 1 is 1.29 bits per heavy atom. The molecule has 0 aliphatic carbocycles. The first-order chi connectivity index (χ1) is 16.9. The molecular weight excluding hydrogens is 493 g/mol. The molecule has 1 saturated heterocycles. The second-order valence-corrected chi connectivity index (χ2v) is 10.9. The SMILES string of the molecule is COc1ccc(F)cc1S(=O)(=O)N1CCC[C@@H](C(=O)NCCSc2n[nH]c(-c3ccccc3)n2)C1. The van der Waals surface area contributed by atoms with Crippen molar-refractivity contribution in [3.63, 3.8) is 0 Å². The van der Waals surface area contributed by atoms with Gasteiger partial charge in [0.05, 0.1) is 13.0 Å². The molecule has 186 valence electrons. The third-order valence-electron chi connectivity index (χ3n) is 5.64. The van der Waals surface area contributed by atoms with Crippen molar-refractivity contribution in [1.29, 1.82) is 0 Å². The molecule has 35 heavy (non-hydrogen) atoms. The maximum atomic E-state index is 13.8. The van der Waals surface area contributed by atoms with Crippen LogP contribution in [-0.4, -0.2) is 66.3 Å². The Hall–Kier alpha value is -2.96.